The number of halogens is 1. The van der Waals surface area contributed by atoms with Crippen LogP contribution in [0.25, 0.3) is 0 Å². The van der Waals surface area contributed by atoms with E-state index in [0.717, 1.165) is 21.3 Å². The molecule has 0 fully saturated rings. The maximum atomic E-state index is 12.0. The van der Waals surface area contributed by atoms with Gasteiger partial charge in [-0.25, -0.2) is 4.79 Å². The highest BCUT2D eigenvalue weighted by atomic mass is 79.9. The summed E-state index contributed by atoms with van der Waals surface area (Å²) in [5.74, 6) is -0.849. The first-order chi connectivity index (χ1) is 9.31. The molecule has 5 nitrogen and oxygen atoms in total. The summed E-state index contributed by atoms with van der Waals surface area (Å²) in [6.07, 6.45) is 0.506. The lowest BCUT2D eigenvalue weighted by molar-refractivity contribution is -0.137. The van der Waals surface area contributed by atoms with Gasteiger partial charge < -0.3 is 15.3 Å². The first-order valence-corrected chi connectivity index (χ1v) is 7.11. The molecule has 2 N–H and O–H groups in total. The molecule has 0 atom stereocenters. The largest absolute Gasteiger partial charge is 0.481 e. The molecule has 110 valence electrons. The van der Waals surface area contributed by atoms with Gasteiger partial charge >= 0.3 is 12.0 Å². The van der Waals surface area contributed by atoms with Crippen molar-refractivity contribution in [3.8, 4) is 0 Å². The third kappa shape index (κ3) is 4.85. The maximum absolute atomic E-state index is 12.0. The molecule has 0 heterocycles. The van der Waals surface area contributed by atoms with Gasteiger partial charge in [-0.2, -0.15) is 0 Å². The molecule has 0 saturated heterocycles. The SMILES string of the molecule is Cc1cc(NC(=O)N(C)CCCC(=O)O)cc(C)c1Br. The van der Waals surface area contributed by atoms with Gasteiger partial charge in [0.2, 0.25) is 0 Å². The summed E-state index contributed by atoms with van der Waals surface area (Å²) in [5.41, 5.74) is 2.83. The van der Waals surface area contributed by atoms with Crippen LogP contribution >= 0.6 is 15.9 Å². The lowest BCUT2D eigenvalue weighted by atomic mass is 10.1. The molecule has 0 aliphatic carbocycles. The number of hydrogen-bond acceptors (Lipinski definition) is 2. The fourth-order valence-electron chi connectivity index (χ4n) is 1.81. The Labute approximate surface area is 127 Å². The Balaban J connectivity index is 2.59. The molecule has 1 aromatic carbocycles. The number of aryl methyl sites for hydroxylation is 2. The minimum atomic E-state index is -0.849. The van der Waals surface area contributed by atoms with Crippen molar-refractivity contribution in [3.63, 3.8) is 0 Å². The van der Waals surface area contributed by atoms with Gasteiger partial charge in [-0.1, -0.05) is 15.9 Å². The van der Waals surface area contributed by atoms with E-state index in [1.54, 1.807) is 7.05 Å². The minimum Gasteiger partial charge on any atom is -0.481 e. The van der Waals surface area contributed by atoms with E-state index in [-0.39, 0.29) is 12.5 Å². The second kappa shape index (κ2) is 7.28. The van der Waals surface area contributed by atoms with E-state index >= 15 is 0 Å². The van der Waals surface area contributed by atoms with Crippen molar-refractivity contribution in [2.24, 2.45) is 0 Å². The highest BCUT2D eigenvalue weighted by Crippen LogP contribution is 2.25. The van der Waals surface area contributed by atoms with Crippen LogP contribution in [-0.4, -0.2) is 35.6 Å². The van der Waals surface area contributed by atoms with E-state index in [0.29, 0.717) is 13.0 Å². The first-order valence-electron chi connectivity index (χ1n) is 6.32. The number of anilines is 1. The smallest absolute Gasteiger partial charge is 0.321 e. The number of rotatable bonds is 5. The molecule has 6 heteroatoms. The Morgan fingerprint density at radius 3 is 2.35 bits per heavy atom. The standard InChI is InChI=1S/C14H19BrN2O3/c1-9-7-11(8-10(2)13(9)15)16-14(20)17(3)6-4-5-12(18)19/h7-8H,4-6H2,1-3H3,(H,16,20)(H,18,19). The second-order valence-corrected chi connectivity index (χ2v) is 5.57. The van der Waals surface area contributed by atoms with Crippen molar-refractivity contribution >= 4 is 33.6 Å². The Kier molecular flexibility index (Phi) is 6.01. The lowest BCUT2D eigenvalue weighted by Gasteiger charge is -2.18. The number of carbonyl (C=O) groups is 2. The molecule has 0 aliphatic rings. The van der Waals surface area contributed by atoms with Gasteiger partial charge in [0.25, 0.3) is 0 Å². The number of benzene rings is 1. The van der Waals surface area contributed by atoms with Gasteiger partial charge in [0.15, 0.2) is 0 Å². The normalized spacial score (nSPS) is 10.2. The van der Waals surface area contributed by atoms with Gasteiger partial charge in [0.1, 0.15) is 0 Å². The molecule has 1 rings (SSSR count). The number of urea groups is 1. The van der Waals surface area contributed by atoms with Crippen LogP contribution in [0.15, 0.2) is 16.6 Å². The highest BCUT2D eigenvalue weighted by molar-refractivity contribution is 9.10. The van der Waals surface area contributed by atoms with Crippen molar-refractivity contribution in [3.05, 3.63) is 27.7 Å². The molecular weight excluding hydrogens is 324 g/mol. The van der Waals surface area contributed by atoms with Crippen molar-refractivity contribution in [2.45, 2.75) is 26.7 Å². The number of carboxylic acids is 1. The molecule has 1 aromatic rings. The number of carbonyl (C=O) groups excluding carboxylic acids is 1. The summed E-state index contributed by atoms with van der Waals surface area (Å²) in [6, 6.07) is 3.54. The molecule has 0 saturated carbocycles. The van der Waals surface area contributed by atoms with Crippen molar-refractivity contribution in [1.82, 2.24) is 4.90 Å². The third-order valence-corrected chi connectivity index (χ3v) is 4.17. The van der Waals surface area contributed by atoms with E-state index in [1.165, 1.54) is 4.90 Å². The van der Waals surface area contributed by atoms with Crippen LogP contribution in [-0.2, 0) is 4.79 Å². The summed E-state index contributed by atoms with van der Waals surface area (Å²) in [4.78, 5) is 23.9. The summed E-state index contributed by atoms with van der Waals surface area (Å²) in [6.45, 7) is 4.33. The summed E-state index contributed by atoms with van der Waals surface area (Å²) in [7, 11) is 1.65. The molecule has 0 radical (unpaired) electrons. The lowest BCUT2D eigenvalue weighted by Crippen LogP contribution is -2.32. The number of aliphatic carboxylic acids is 1. The topological polar surface area (TPSA) is 69.6 Å². The summed E-state index contributed by atoms with van der Waals surface area (Å²) >= 11 is 3.48. The zero-order chi connectivity index (χ0) is 15.3. The van der Waals surface area contributed by atoms with Gasteiger partial charge in [-0.3, -0.25) is 4.79 Å². The zero-order valence-corrected chi connectivity index (χ0v) is 13.5. The van der Waals surface area contributed by atoms with Gasteiger partial charge in [0.05, 0.1) is 0 Å². The fourth-order valence-corrected chi connectivity index (χ4v) is 2.03. The van der Waals surface area contributed by atoms with Crippen LogP contribution in [0, 0.1) is 13.8 Å². The quantitative estimate of drug-likeness (QED) is 0.861. The van der Waals surface area contributed by atoms with E-state index < -0.39 is 5.97 Å². The second-order valence-electron chi connectivity index (χ2n) is 4.77. The predicted molar refractivity (Wildman–Crippen MR) is 82.1 cm³/mol. The van der Waals surface area contributed by atoms with Crippen LogP contribution in [0.1, 0.15) is 24.0 Å². The zero-order valence-electron chi connectivity index (χ0n) is 11.9. The van der Waals surface area contributed by atoms with E-state index in [9.17, 15) is 9.59 Å². The van der Waals surface area contributed by atoms with Crippen LogP contribution in [0.4, 0.5) is 10.5 Å². The molecular formula is C14H19BrN2O3. The van der Waals surface area contributed by atoms with Crippen LogP contribution in [0.5, 0.6) is 0 Å². The predicted octanol–water partition coefficient (Wildman–Crippen LogP) is 3.39. The third-order valence-electron chi connectivity index (χ3n) is 2.92. The average molecular weight is 343 g/mol. The van der Waals surface area contributed by atoms with Crippen molar-refractivity contribution in [2.75, 3.05) is 18.9 Å². The number of hydrogen-bond donors (Lipinski definition) is 2. The maximum Gasteiger partial charge on any atom is 0.321 e. The van der Waals surface area contributed by atoms with Crippen LogP contribution in [0.2, 0.25) is 0 Å². The molecule has 0 bridgehead atoms. The van der Waals surface area contributed by atoms with Gasteiger partial charge in [-0.15, -0.1) is 0 Å². The number of nitrogens with zero attached hydrogens (tertiary/aromatic N) is 1. The van der Waals surface area contributed by atoms with Crippen molar-refractivity contribution in [1.29, 1.82) is 0 Å². The highest BCUT2D eigenvalue weighted by Gasteiger charge is 2.10. The Hall–Kier alpha value is -1.56. The van der Waals surface area contributed by atoms with Crippen LogP contribution < -0.4 is 5.32 Å². The molecule has 2 amide bonds. The van der Waals surface area contributed by atoms with E-state index in [2.05, 4.69) is 21.2 Å². The fraction of sp³-hybridized carbons (Fsp3) is 0.429. The van der Waals surface area contributed by atoms with Gasteiger partial charge in [-0.05, 0) is 43.5 Å². The molecule has 20 heavy (non-hydrogen) atoms. The number of nitrogens with one attached hydrogen (secondary N) is 1. The van der Waals surface area contributed by atoms with Crippen molar-refractivity contribution < 1.29 is 14.7 Å². The van der Waals surface area contributed by atoms with E-state index in [4.69, 9.17) is 5.11 Å². The Bertz CT molecular complexity index is 494. The average Bonchev–Trinajstić information content (AvgIpc) is 2.35. The number of carboxylic acid groups (broad SMARTS) is 1. The van der Waals surface area contributed by atoms with E-state index in [1.807, 2.05) is 26.0 Å². The minimum absolute atomic E-state index is 0.0636. The molecule has 0 aromatic heterocycles. The summed E-state index contributed by atoms with van der Waals surface area (Å²) < 4.78 is 1.03. The summed E-state index contributed by atoms with van der Waals surface area (Å²) in [5, 5.41) is 11.4. The monoisotopic (exact) mass is 342 g/mol. The van der Waals surface area contributed by atoms with Gasteiger partial charge in [0, 0.05) is 30.2 Å². The first kappa shape index (κ1) is 16.5. The Morgan fingerprint density at radius 2 is 1.85 bits per heavy atom. The molecule has 0 spiro atoms. The Morgan fingerprint density at radius 1 is 1.30 bits per heavy atom. The molecule has 0 unspecified atom stereocenters. The molecule has 0 aliphatic heterocycles. The number of amides is 2. The van der Waals surface area contributed by atoms with Crippen LogP contribution in [0.3, 0.4) is 0 Å².